The fraction of sp³-hybridized carbons (Fsp3) is 0.458. The van der Waals surface area contributed by atoms with Crippen LogP contribution in [0.1, 0.15) is 24.8 Å². The predicted molar refractivity (Wildman–Crippen MR) is 122 cm³/mol. The summed E-state index contributed by atoms with van der Waals surface area (Å²) in [5.74, 6) is 1.16. The van der Waals surface area contributed by atoms with E-state index in [0.717, 1.165) is 66.8 Å². The van der Waals surface area contributed by atoms with Crippen LogP contribution in [0.2, 0.25) is 0 Å². The Balaban J connectivity index is 1.22. The van der Waals surface area contributed by atoms with Gasteiger partial charge in [0.05, 0.1) is 13.7 Å². The van der Waals surface area contributed by atoms with Crippen molar-refractivity contribution in [3.63, 3.8) is 0 Å². The number of ether oxygens (including phenoxy) is 2. The monoisotopic (exact) mass is 490 g/mol. The predicted octanol–water partition coefficient (Wildman–Crippen LogP) is 5.27. The molecule has 1 unspecified atom stereocenters. The lowest BCUT2D eigenvalue weighted by Crippen LogP contribution is -2.36. The average Bonchev–Trinajstić information content (AvgIpc) is 3.16. The van der Waals surface area contributed by atoms with Crippen LogP contribution < -0.4 is 9.64 Å². The zero-order valence-electron chi connectivity index (χ0n) is 17.7. The third kappa shape index (κ3) is 5.57. The van der Waals surface area contributed by atoms with E-state index in [4.69, 9.17) is 9.47 Å². The quantitative estimate of drug-likeness (QED) is 0.530. The van der Waals surface area contributed by atoms with Crippen molar-refractivity contribution in [1.82, 2.24) is 4.90 Å². The molecule has 0 radical (unpaired) electrons. The van der Waals surface area contributed by atoms with Crippen molar-refractivity contribution >= 4 is 27.7 Å². The molecule has 1 atom stereocenters. The fourth-order valence-electron chi connectivity index (χ4n) is 4.40. The second-order valence-electron chi connectivity index (χ2n) is 8.33. The highest BCUT2D eigenvalue weighted by Crippen LogP contribution is 2.28. The molecule has 31 heavy (non-hydrogen) atoms. The van der Waals surface area contributed by atoms with Crippen molar-refractivity contribution < 1.29 is 18.7 Å². The summed E-state index contributed by atoms with van der Waals surface area (Å²) in [6.07, 6.45) is 3.57. The van der Waals surface area contributed by atoms with Gasteiger partial charge in [0, 0.05) is 16.7 Å². The Morgan fingerprint density at radius 3 is 2.61 bits per heavy atom. The van der Waals surface area contributed by atoms with E-state index in [2.05, 4.69) is 20.8 Å². The molecule has 2 fully saturated rings. The maximum Gasteiger partial charge on any atom is 0.414 e. The van der Waals surface area contributed by atoms with Crippen LogP contribution in [0.5, 0.6) is 5.75 Å². The topological polar surface area (TPSA) is 42.0 Å². The van der Waals surface area contributed by atoms with Gasteiger partial charge >= 0.3 is 6.09 Å². The third-order valence-electron chi connectivity index (χ3n) is 6.25. The minimum atomic E-state index is -0.283. The SMILES string of the molecule is COc1ccc(N2CC(CCN3CCC(Cc4cc(F)ccc4Br)CC3)OC2=O)cc1. The number of carbonyl (C=O) groups excluding carboxylic acids is 1. The molecular weight excluding hydrogens is 463 g/mol. The van der Waals surface area contributed by atoms with Gasteiger partial charge in [-0.05, 0) is 92.7 Å². The summed E-state index contributed by atoms with van der Waals surface area (Å²) >= 11 is 3.54. The van der Waals surface area contributed by atoms with Crippen molar-refractivity contribution in [1.29, 1.82) is 0 Å². The van der Waals surface area contributed by atoms with E-state index in [1.54, 1.807) is 24.1 Å². The molecule has 2 aliphatic heterocycles. The van der Waals surface area contributed by atoms with Gasteiger partial charge in [-0.1, -0.05) is 15.9 Å². The summed E-state index contributed by atoms with van der Waals surface area (Å²) in [4.78, 5) is 16.4. The first-order valence-corrected chi connectivity index (χ1v) is 11.6. The van der Waals surface area contributed by atoms with Gasteiger partial charge in [0.1, 0.15) is 17.7 Å². The number of hydrogen-bond donors (Lipinski definition) is 0. The lowest BCUT2D eigenvalue weighted by molar-refractivity contribution is 0.116. The Kier molecular flexibility index (Phi) is 7.13. The van der Waals surface area contributed by atoms with E-state index in [1.807, 2.05) is 24.3 Å². The molecule has 0 spiro atoms. The summed E-state index contributed by atoms with van der Waals surface area (Å²) in [6, 6.07) is 12.4. The van der Waals surface area contributed by atoms with Gasteiger partial charge < -0.3 is 14.4 Å². The molecule has 5 nitrogen and oxygen atoms in total. The minimum absolute atomic E-state index is 0.0874. The van der Waals surface area contributed by atoms with Crippen LogP contribution in [-0.2, 0) is 11.2 Å². The van der Waals surface area contributed by atoms with Crippen LogP contribution in [0, 0.1) is 11.7 Å². The maximum atomic E-state index is 13.5. The summed E-state index contributed by atoms with van der Waals surface area (Å²) < 4.78 is 25.3. The number of anilines is 1. The Hall–Kier alpha value is -2.12. The number of halogens is 2. The number of piperidine rings is 1. The molecule has 0 N–H and O–H groups in total. The Labute approximate surface area is 191 Å². The van der Waals surface area contributed by atoms with Crippen molar-refractivity contribution in [3.8, 4) is 5.75 Å². The van der Waals surface area contributed by atoms with E-state index < -0.39 is 0 Å². The molecule has 2 aromatic carbocycles. The first-order chi connectivity index (χ1) is 15.0. The van der Waals surface area contributed by atoms with E-state index in [-0.39, 0.29) is 18.0 Å². The molecule has 0 aromatic heterocycles. The number of cyclic esters (lactones) is 1. The zero-order valence-corrected chi connectivity index (χ0v) is 19.3. The van der Waals surface area contributed by atoms with E-state index >= 15 is 0 Å². The number of nitrogens with zero attached hydrogens (tertiary/aromatic N) is 2. The van der Waals surface area contributed by atoms with Crippen LogP contribution >= 0.6 is 15.9 Å². The molecule has 0 bridgehead atoms. The highest BCUT2D eigenvalue weighted by molar-refractivity contribution is 9.10. The maximum absolute atomic E-state index is 13.5. The summed E-state index contributed by atoms with van der Waals surface area (Å²) in [7, 11) is 1.62. The molecule has 2 aliphatic rings. The molecule has 2 heterocycles. The zero-order chi connectivity index (χ0) is 21.8. The smallest absolute Gasteiger partial charge is 0.414 e. The van der Waals surface area contributed by atoms with Gasteiger partial charge in [-0.15, -0.1) is 0 Å². The molecular formula is C24H28BrFN2O3. The number of hydrogen-bond acceptors (Lipinski definition) is 4. The first kappa shape index (κ1) is 22.1. The highest BCUT2D eigenvalue weighted by Gasteiger charge is 2.32. The molecule has 2 saturated heterocycles. The van der Waals surface area contributed by atoms with Crippen molar-refractivity contribution in [2.24, 2.45) is 5.92 Å². The van der Waals surface area contributed by atoms with Gasteiger partial charge in [-0.2, -0.15) is 0 Å². The number of carbonyl (C=O) groups is 1. The number of benzene rings is 2. The standard InChI is InChI=1S/C24H28BrFN2O3/c1-30-21-5-3-20(4-6-21)28-16-22(31-24(28)29)10-13-27-11-8-17(9-12-27)14-18-15-19(26)2-7-23(18)25/h2-7,15,17,22H,8-14,16H2,1H3. The normalized spacial score (nSPS) is 20.2. The number of rotatable bonds is 7. The van der Waals surface area contributed by atoms with E-state index in [9.17, 15) is 9.18 Å². The summed E-state index contributed by atoms with van der Waals surface area (Å²) in [5.41, 5.74) is 1.88. The Morgan fingerprint density at radius 1 is 1.16 bits per heavy atom. The fourth-order valence-corrected chi connectivity index (χ4v) is 4.80. The first-order valence-electron chi connectivity index (χ1n) is 10.8. The summed E-state index contributed by atoms with van der Waals surface area (Å²) in [5, 5.41) is 0. The average molecular weight is 491 g/mol. The van der Waals surface area contributed by atoms with Gasteiger partial charge in [-0.25, -0.2) is 9.18 Å². The lowest BCUT2D eigenvalue weighted by Gasteiger charge is -2.32. The number of amides is 1. The number of methoxy groups -OCH3 is 1. The highest BCUT2D eigenvalue weighted by atomic mass is 79.9. The van der Waals surface area contributed by atoms with Crippen LogP contribution in [0.25, 0.3) is 0 Å². The molecule has 4 rings (SSSR count). The second kappa shape index (κ2) is 10.0. The molecule has 0 saturated carbocycles. The van der Waals surface area contributed by atoms with Crippen LogP contribution in [0.15, 0.2) is 46.9 Å². The van der Waals surface area contributed by atoms with Gasteiger partial charge in [-0.3, -0.25) is 4.90 Å². The summed E-state index contributed by atoms with van der Waals surface area (Å²) in [6.45, 7) is 3.56. The Bertz CT molecular complexity index is 900. The van der Waals surface area contributed by atoms with Crippen molar-refractivity contribution in [3.05, 3.63) is 58.3 Å². The lowest BCUT2D eigenvalue weighted by atomic mass is 9.90. The molecule has 2 aromatic rings. The van der Waals surface area contributed by atoms with Gasteiger partial charge in [0.2, 0.25) is 0 Å². The second-order valence-corrected chi connectivity index (χ2v) is 9.18. The molecule has 7 heteroatoms. The van der Waals surface area contributed by atoms with E-state index in [0.29, 0.717) is 12.5 Å². The largest absolute Gasteiger partial charge is 0.497 e. The molecule has 166 valence electrons. The Morgan fingerprint density at radius 2 is 1.90 bits per heavy atom. The minimum Gasteiger partial charge on any atom is -0.497 e. The van der Waals surface area contributed by atoms with Crippen molar-refractivity contribution in [2.75, 3.05) is 38.2 Å². The van der Waals surface area contributed by atoms with Crippen molar-refractivity contribution in [2.45, 2.75) is 31.8 Å². The van der Waals surface area contributed by atoms with Crippen LogP contribution in [0.4, 0.5) is 14.9 Å². The third-order valence-corrected chi connectivity index (χ3v) is 7.02. The van der Waals surface area contributed by atoms with Gasteiger partial charge in [0.15, 0.2) is 0 Å². The van der Waals surface area contributed by atoms with Gasteiger partial charge in [0.25, 0.3) is 0 Å². The number of likely N-dealkylation sites (tertiary alicyclic amines) is 1. The molecule has 1 amide bonds. The van der Waals surface area contributed by atoms with Crippen LogP contribution in [-0.4, -0.2) is 50.4 Å². The van der Waals surface area contributed by atoms with E-state index in [1.165, 1.54) is 6.07 Å². The molecule has 0 aliphatic carbocycles. The van der Waals surface area contributed by atoms with Crippen LogP contribution in [0.3, 0.4) is 0 Å².